The van der Waals surface area contributed by atoms with E-state index >= 15 is 4.39 Å². The van der Waals surface area contributed by atoms with Crippen molar-refractivity contribution < 1.29 is 4.39 Å². The van der Waals surface area contributed by atoms with Crippen LogP contribution in [0.15, 0.2) is 67.5 Å². The van der Waals surface area contributed by atoms with Gasteiger partial charge in [0.05, 0.1) is 28.7 Å². The Hall–Kier alpha value is -4.70. The summed E-state index contributed by atoms with van der Waals surface area (Å²) in [5.74, 6) is 0.782. The minimum Gasteiger partial charge on any atom is -0.336 e. The van der Waals surface area contributed by atoms with Crippen molar-refractivity contribution in [3.05, 3.63) is 90.3 Å². The van der Waals surface area contributed by atoms with Gasteiger partial charge in [0.2, 0.25) is 0 Å². The lowest BCUT2D eigenvalue weighted by molar-refractivity contribution is 0.489. The number of rotatable bonds is 7. The van der Waals surface area contributed by atoms with Gasteiger partial charge in [-0.05, 0) is 55.1 Å². The van der Waals surface area contributed by atoms with Gasteiger partial charge in [0.1, 0.15) is 11.5 Å². The Bertz CT molecular complexity index is 1710. The Morgan fingerprint density at radius 2 is 1.93 bits per heavy atom. The molecule has 0 unspecified atom stereocenters. The molecule has 0 amide bonds. The standard InChI is InChI=1S/C30H28FN9/c31-26-25-22(29-38-28-21(8-10-35-30(28)39-29)23-7-3-4-9-34-23)16-37-40-24(25)17-36-27(26)20-11-19(14-33-15-20)13-32-12-18-5-1-2-6-18/h3-4,7-11,14-18,32,37,40H,1-2,5-6,12-13H2,(H,35,38,39). The minimum atomic E-state index is -0.450. The van der Waals surface area contributed by atoms with Crippen molar-refractivity contribution in [3.63, 3.8) is 0 Å². The molecule has 6 heterocycles. The van der Waals surface area contributed by atoms with Crippen LogP contribution in [0, 0.1) is 11.7 Å². The third kappa shape index (κ3) is 4.56. The number of nitrogens with zero attached hydrogens (tertiary/aromatic N) is 5. The summed E-state index contributed by atoms with van der Waals surface area (Å²) >= 11 is 0. The van der Waals surface area contributed by atoms with Crippen LogP contribution in [0.5, 0.6) is 0 Å². The van der Waals surface area contributed by atoms with Crippen LogP contribution in [0.3, 0.4) is 0 Å². The molecule has 0 bridgehead atoms. The SMILES string of the molecule is Fc1c(-c2cncc(CNCC3CCCC3)c2)ncc2c1C(c1nc3nccc(-c4ccccn4)c3[nH]1)=CNN2. The van der Waals surface area contributed by atoms with Crippen LogP contribution >= 0.6 is 0 Å². The molecule has 1 fully saturated rings. The maximum absolute atomic E-state index is 16.3. The molecule has 5 aromatic heterocycles. The van der Waals surface area contributed by atoms with E-state index in [0.29, 0.717) is 40.4 Å². The van der Waals surface area contributed by atoms with Gasteiger partial charge in [-0.1, -0.05) is 18.9 Å². The largest absolute Gasteiger partial charge is 0.336 e. The lowest BCUT2D eigenvalue weighted by Crippen LogP contribution is -2.22. The molecule has 4 N–H and O–H groups in total. The highest BCUT2D eigenvalue weighted by molar-refractivity contribution is 5.93. The number of fused-ring (bicyclic) bond motifs is 2. The summed E-state index contributed by atoms with van der Waals surface area (Å²) in [6.45, 7) is 1.68. The van der Waals surface area contributed by atoms with Crippen LogP contribution in [-0.2, 0) is 6.54 Å². The van der Waals surface area contributed by atoms with Gasteiger partial charge in [-0.3, -0.25) is 20.4 Å². The van der Waals surface area contributed by atoms with Gasteiger partial charge in [-0.2, -0.15) is 0 Å². The van der Waals surface area contributed by atoms with E-state index in [1.54, 1.807) is 31.0 Å². The van der Waals surface area contributed by atoms with Gasteiger partial charge in [0.25, 0.3) is 0 Å². The van der Waals surface area contributed by atoms with Crippen molar-refractivity contribution >= 4 is 22.4 Å². The summed E-state index contributed by atoms with van der Waals surface area (Å²) in [5.41, 5.74) is 12.2. The Morgan fingerprint density at radius 1 is 1.00 bits per heavy atom. The fourth-order valence-electron chi connectivity index (χ4n) is 5.61. The Morgan fingerprint density at radius 3 is 2.80 bits per heavy atom. The third-order valence-corrected chi connectivity index (χ3v) is 7.61. The predicted octanol–water partition coefficient (Wildman–Crippen LogP) is 5.22. The van der Waals surface area contributed by atoms with E-state index in [1.807, 2.05) is 36.5 Å². The van der Waals surface area contributed by atoms with Crippen molar-refractivity contribution in [2.45, 2.75) is 32.2 Å². The molecule has 1 saturated carbocycles. The third-order valence-electron chi connectivity index (χ3n) is 7.61. The second kappa shape index (κ2) is 10.5. The molecule has 0 aromatic carbocycles. The number of aromatic amines is 1. The van der Waals surface area contributed by atoms with Gasteiger partial charge in [0, 0.05) is 54.2 Å². The molecule has 200 valence electrons. The fraction of sp³-hybridized carbons (Fsp3) is 0.233. The second-order valence-electron chi connectivity index (χ2n) is 10.3. The molecule has 2 aliphatic rings. The number of aromatic nitrogens is 6. The topological polar surface area (TPSA) is 116 Å². The first-order valence-corrected chi connectivity index (χ1v) is 13.6. The average Bonchev–Trinajstić information content (AvgIpc) is 3.68. The van der Waals surface area contributed by atoms with Crippen LogP contribution in [0.25, 0.3) is 39.3 Å². The number of anilines is 1. The molecule has 0 radical (unpaired) electrons. The smallest absolute Gasteiger partial charge is 0.178 e. The molecule has 9 nitrogen and oxygen atoms in total. The normalized spacial score (nSPS) is 15.0. The zero-order chi connectivity index (χ0) is 26.9. The molecule has 0 atom stereocenters. The minimum absolute atomic E-state index is 0.238. The number of H-pyrrole nitrogens is 1. The maximum atomic E-state index is 16.3. The lowest BCUT2D eigenvalue weighted by Gasteiger charge is -2.21. The predicted molar refractivity (Wildman–Crippen MR) is 152 cm³/mol. The molecule has 1 aliphatic heterocycles. The number of nitrogens with one attached hydrogen (secondary N) is 4. The molecule has 0 spiro atoms. The maximum Gasteiger partial charge on any atom is 0.178 e. The number of hydrazine groups is 1. The molecular weight excluding hydrogens is 505 g/mol. The number of hydrogen-bond acceptors (Lipinski definition) is 8. The van der Waals surface area contributed by atoms with Gasteiger partial charge in [-0.25, -0.2) is 14.4 Å². The first-order chi connectivity index (χ1) is 19.7. The summed E-state index contributed by atoms with van der Waals surface area (Å²) in [6.07, 6.45) is 15.5. The van der Waals surface area contributed by atoms with E-state index in [-0.39, 0.29) is 5.69 Å². The summed E-state index contributed by atoms with van der Waals surface area (Å²) in [7, 11) is 0. The highest BCUT2D eigenvalue weighted by atomic mass is 19.1. The van der Waals surface area contributed by atoms with E-state index in [2.05, 4.69) is 41.1 Å². The first-order valence-electron chi connectivity index (χ1n) is 13.6. The number of hydrogen-bond donors (Lipinski definition) is 4. The second-order valence-corrected chi connectivity index (χ2v) is 10.3. The van der Waals surface area contributed by atoms with Crippen molar-refractivity contribution in [1.29, 1.82) is 0 Å². The Balaban J connectivity index is 1.22. The molecule has 40 heavy (non-hydrogen) atoms. The van der Waals surface area contributed by atoms with E-state index in [4.69, 9.17) is 4.98 Å². The van der Waals surface area contributed by atoms with Crippen molar-refractivity contribution in [2.24, 2.45) is 5.92 Å². The molecule has 5 aromatic rings. The first kappa shape index (κ1) is 24.3. The zero-order valence-corrected chi connectivity index (χ0v) is 21.8. The summed E-state index contributed by atoms with van der Waals surface area (Å²) < 4.78 is 16.3. The van der Waals surface area contributed by atoms with Crippen LogP contribution < -0.4 is 16.2 Å². The Labute approximate surface area is 230 Å². The monoisotopic (exact) mass is 533 g/mol. The van der Waals surface area contributed by atoms with E-state index in [1.165, 1.54) is 25.7 Å². The van der Waals surface area contributed by atoms with Gasteiger partial charge in [0.15, 0.2) is 11.5 Å². The summed E-state index contributed by atoms with van der Waals surface area (Å²) in [4.78, 5) is 25.8. The molecule has 1 aliphatic carbocycles. The highest BCUT2D eigenvalue weighted by Gasteiger charge is 2.26. The molecular formula is C30H28FN9. The van der Waals surface area contributed by atoms with Crippen molar-refractivity contribution in [3.8, 4) is 22.5 Å². The fourth-order valence-corrected chi connectivity index (χ4v) is 5.61. The van der Waals surface area contributed by atoms with E-state index < -0.39 is 5.82 Å². The zero-order valence-electron chi connectivity index (χ0n) is 21.8. The number of halogens is 1. The van der Waals surface area contributed by atoms with Gasteiger partial charge < -0.3 is 15.7 Å². The number of imidazole rings is 1. The highest BCUT2D eigenvalue weighted by Crippen LogP contribution is 2.37. The van der Waals surface area contributed by atoms with E-state index in [9.17, 15) is 0 Å². The summed E-state index contributed by atoms with van der Waals surface area (Å²) in [6, 6.07) is 9.57. The van der Waals surface area contributed by atoms with Crippen LogP contribution in [0.4, 0.5) is 10.1 Å². The van der Waals surface area contributed by atoms with Crippen LogP contribution in [-0.4, -0.2) is 36.4 Å². The summed E-state index contributed by atoms with van der Waals surface area (Å²) in [5, 5.41) is 3.54. The lowest BCUT2D eigenvalue weighted by atomic mass is 10.00. The van der Waals surface area contributed by atoms with Crippen LogP contribution in [0.2, 0.25) is 0 Å². The molecule has 7 rings (SSSR count). The van der Waals surface area contributed by atoms with Gasteiger partial charge in [-0.15, -0.1) is 0 Å². The van der Waals surface area contributed by atoms with Gasteiger partial charge >= 0.3 is 0 Å². The van der Waals surface area contributed by atoms with Crippen molar-refractivity contribution in [2.75, 3.05) is 12.0 Å². The molecule has 10 heteroatoms. The molecule has 0 saturated heterocycles. The van der Waals surface area contributed by atoms with E-state index in [0.717, 1.165) is 34.8 Å². The number of pyridine rings is 4. The quantitative estimate of drug-likeness (QED) is 0.225. The van der Waals surface area contributed by atoms with Crippen molar-refractivity contribution in [1.82, 2.24) is 40.6 Å². The average molecular weight is 534 g/mol. The van der Waals surface area contributed by atoms with Crippen LogP contribution in [0.1, 0.15) is 42.6 Å². The Kier molecular flexibility index (Phi) is 6.37.